The molecule has 0 aromatic rings. The second-order valence-corrected chi connectivity index (χ2v) is 6.54. The Balaban J connectivity index is 2.59. The van der Waals surface area contributed by atoms with Crippen LogP contribution in [0.15, 0.2) is 0 Å². The molecular formula is C11H24N2O3S. The monoisotopic (exact) mass is 264 g/mol. The number of nitrogens with two attached hydrogens (primary N) is 1. The first-order chi connectivity index (χ1) is 8.11. The van der Waals surface area contributed by atoms with Crippen LogP contribution in [0, 0.1) is 0 Å². The first-order valence-corrected chi connectivity index (χ1v) is 7.91. The van der Waals surface area contributed by atoms with E-state index in [-0.39, 0.29) is 11.8 Å². The van der Waals surface area contributed by atoms with E-state index in [1.54, 1.807) is 11.4 Å². The summed E-state index contributed by atoms with van der Waals surface area (Å²) in [6.45, 7) is 1.70. The Morgan fingerprint density at radius 3 is 2.82 bits per heavy atom. The third-order valence-electron chi connectivity index (χ3n) is 3.18. The van der Waals surface area contributed by atoms with Gasteiger partial charge < -0.3 is 10.5 Å². The largest absolute Gasteiger partial charge is 0.385 e. The van der Waals surface area contributed by atoms with Crippen LogP contribution in [0.25, 0.3) is 0 Å². The van der Waals surface area contributed by atoms with Gasteiger partial charge in [0.25, 0.3) is 0 Å². The number of ether oxygens (including phenoxy) is 1. The predicted octanol–water partition coefficient (Wildman–Crippen LogP) is 0.556. The van der Waals surface area contributed by atoms with Crippen LogP contribution < -0.4 is 5.73 Å². The van der Waals surface area contributed by atoms with Crippen LogP contribution in [-0.4, -0.2) is 51.3 Å². The van der Waals surface area contributed by atoms with E-state index in [9.17, 15) is 8.42 Å². The standard InChI is InChI=1S/C11H24N2O3S/c1-16-9-4-10-17(14,15)13-8-3-2-5-11(13)6-7-12/h11H,2-10,12H2,1H3. The van der Waals surface area contributed by atoms with Gasteiger partial charge in [-0.05, 0) is 32.2 Å². The van der Waals surface area contributed by atoms with Crippen molar-refractivity contribution in [3.63, 3.8) is 0 Å². The van der Waals surface area contributed by atoms with E-state index in [4.69, 9.17) is 10.5 Å². The van der Waals surface area contributed by atoms with Crippen LogP contribution in [0.2, 0.25) is 0 Å². The minimum absolute atomic E-state index is 0.112. The number of hydrogen-bond acceptors (Lipinski definition) is 4. The van der Waals surface area contributed by atoms with E-state index in [0.29, 0.717) is 26.1 Å². The zero-order valence-electron chi connectivity index (χ0n) is 10.6. The summed E-state index contributed by atoms with van der Waals surface area (Å²) in [5.74, 6) is 0.182. The van der Waals surface area contributed by atoms with Crippen LogP contribution in [0.1, 0.15) is 32.1 Å². The molecule has 0 bridgehead atoms. The van der Waals surface area contributed by atoms with E-state index in [1.165, 1.54) is 0 Å². The Bertz CT molecular complexity index is 304. The highest BCUT2D eigenvalue weighted by Gasteiger charge is 2.31. The van der Waals surface area contributed by atoms with Crippen molar-refractivity contribution in [2.45, 2.75) is 38.1 Å². The smallest absolute Gasteiger partial charge is 0.214 e. The summed E-state index contributed by atoms with van der Waals surface area (Å²) >= 11 is 0. The molecular weight excluding hydrogens is 240 g/mol. The molecule has 0 saturated carbocycles. The van der Waals surface area contributed by atoms with Gasteiger partial charge in [-0.1, -0.05) is 6.42 Å². The zero-order chi connectivity index (χ0) is 12.7. The molecule has 1 saturated heterocycles. The van der Waals surface area contributed by atoms with Gasteiger partial charge in [-0.15, -0.1) is 0 Å². The minimum atomic E-state index is -3.13. The van der Waals surface area contributed by atoms with Gasteiger partial charge in [-0.3, -0.25) is 0 Å². The number of methoxy groups -OCH3 is 1. The van der Waals surface area contributed by atoms with Crippen molar-refractivity contribution in [2.75, 3.05) is 32.6 Å². The van der Waals surface area contributed by atoms with Crippen LogP contribution in [0.3, 0.4) is 0 Å². The Morgan fingerprint density at radius 1 is 1.41 bits per heavy atom. The maximum Gasteiger partial charge on any atom is 0.214 e. The van der Waals surface area contributed by atoms with Gasteiger partial charge in [0.15, 0.2) is 0 Å². The summed E-state index contributed by atoms with van der Waals surface area (Å²) in [4.78, 5) is 0. The SMILES string of the molecule is COCCCS(=O)(=O)N1CCCCC1CCN. The number of sulfonamides is 1. The lowest BCUT2D eigenvalue weighted by Gasteiger charge is -2.34. The minimum Gasteiger partial charge on any atom is -0.385 e. The molecule has 1 heterocycles. The number of hydrogen-bond donors (Lipinski definition) is 1. The third-order valence-corrected chi connectivity index (χ3v) is 5.18. The van der Waals surface area contributed by atoms with Crippen molar-refractivity contribution < 1.29 is 13.2 Å². The highest BCUT2D eigenvalue weighted by atomic mass is 32.2. The summed E-state index contributed by atoms with van der Waals surface area (Å²) in [6.07, 6.45) is 4.34. The maximum atomic E-state index is 12.2. The van der Waals surface area contributed by atoms with Gasteiger partial charge in [0.05, 0.1) is 5.75 Å². The first-order valence-electron chi connectivity index (χ1n) is 6.30. The summed E-state index contributed by atoms with van der Waals surface area (Å²) in [5, 5.41) is 0. The van der Waals surface area contributed by atoms with E-state index in [2.05, 4.69) is 0 Å². The lowest BCUT2D eigenvalue weighted by molar-refractivity contribution is 0.197. The fourth-order valence-corrected chi connectivity index (χ4v) is 4.11. The molecule has 1 rings (SSSR count). The highest BCUT2D eigenvalue weighted by Crippen LogP contribution is 2.23. The van der Waals surface area contributed by atoms with Gasteiger partial charge in [0, 0.05) is 26.3 Å². The van der Waals surface area contributed by atoms with E-state index in [0.717, 1.165) is 25.7 Å². The first kappa shape index (κ1) is 14.9. The van der Waals surface area contributed by atoms with Crippen molar-refractivity contribution in [1.29, 1.82) is 0 Å². The van der Waals surface area contributed by atoms with E-state index < -0.39 is 10.0 Å². The lowest BCUT2D eigenvalue weighted by atomic mass is 10.0. The Labute approximate surface area is 104 Å². The van der Waals surface area contributed by atoms with Crippen LogP contribution in [0.5, 0.6) is 0 Å². The number of rotatable bonds is 7. The molecule has 1 aliphatic rings. The average molecular weight is 264 g/mol. The summed E-state index contributed by atoms with van der Waals surface area (Å²) < 4.78 is 30.9. The molecule has 6 heteroatoms. The Hall–Kier alpha value is -0.170. The van der Waals surface area contributed by atoms with Gasteiger partial charge in [-0.2, -0.15) is 4.31 Å². The van der Waals surface area contributed by atoms with Crippen LogP contribution in [-0.2, 0) is 14.8 Å². The normalized spacial score (nSPS) is 22.8. The number of piperidine rings is 1. The molecule has 0 radical (unpaired) electrons. The van der Waals surface area contributed by atoms with Gasteiger partial charge in [0.1, 0.15) is 0 Å². The predicted molar refractivity (Wildman–Crippen MR) is 68.3 cm³/mol. The molecule has 2 N–H and O–H groups in total. The van der Waals surface area contributed by atoms with Crippen molar-refractivity contribution in [3.05, 3.63) is 0 Å². The second-order valence-electron chi connectivity index (χ2n) is 4.50. The molecule has 17 heavy (non-hydrogen) atoms. The number of nitrogens with zero attached hydrogens (tertiary/aromatic N) is 1. The molecule has 0 aromatic carbocycles. The molecule has 5 nitrogen and oxygen atoms in total. The van der Waals surface area contributed by atoms with Crippen molar-refractivity contribution in [3.8, 4) is 0 Å². The molecule has 0 amide bonds. The fourth-order valence-electron chi connectivity index (χ4n) is 2.32. The Morgan fingerprint density at radius 2 is 2.18 bits per heavy atom. The summed E-state index contributed by atoms with van der Waals surface area (Å²) in [7, 11) is -1.54. The third kappa shape index (κ3) is 4.54. The molecule has 0 spiro atoms. The fraction of sp³-hybridized carbons (Fsp3) is 1.00. The average Bonchev–Trinajstić information content (AvgIpc) is 2.30. The molecule has 1 atom stereocenters. The quantitative estimate of drug-likeness (QED) is 0.682. The Kier molecular flexibility index (Phi) is 6.40. The van der Waals surface area contributed by atoms with Gasteiger partial charge >= 0.3 is 0 Å². The molecule has 1 aliphatic heterocycles. The molecule has 1 unspecified atom stereocenters. The maximum absolute atomic E-state index is 12.2. The lowest BCUT2D eigenvalue weighted by Crippen LogP contribution is -2.45. The van der Waals surface area contributed by atoms with E-state index in [1.807, 2.05) is 0 Å². The van der Waals surface area contributed by atoms with E-state index >= 15 is 0 Å². The highest BCUT2D eigenvalue weighted by molar-refractivity contribution is 7.89. The molecule has 102 valence electrons. The molecule has 0 aliphatic carbocycles. The molecule has 1 fully saturated rings. The second kappa shape index (κ2) is 7.31. The zero-order valence-corrected chi connectivity index (χ0v) is 11.4. The van der Waals surface area contributed by atoms with Gasteiger partial charge in [0.2, 0.25) is 10.0 Å². The topological polar surface area (TPSA) is 72.6 Å². The summed E-state index contributed by atoms with van der Waals surface area (Å²) in [6, 6.07) is 0.112. The van der Waals surface area contributed by atoms with Crippen molar-refractivity contribution in [1.82, 2.24) is 4.31 Å². The molecule has 0 aromatic heterocycles. The summed E-state index contributed by atoms with van der Waals surface area (Å²) in [5.41, 5.74) is 5.55. The van der Waals surface area contributed by atoms with Crippen LogP contribution >= 0.6 is 0 Å². The van der Waals surface area contributed by atoms with Gasteiger partial charge in [-0.25, -0.2) is 8.42 Å². The van der Waals surface area contributed by atoms with Crippen molar-refractivity contribution >= 4 is 10.0 Å². The van der Waals surface area contributed by atoms with Crippen LogP contribution in [0.4, 0.5) is 0 Å². The van der Waals surface area contributed by atoms with Crippen molar-refractivity contribution in [2.24, 2.45) is 5.73 Å².